The molecule has 0 saturated carbocycles. The SMILES string of the molecule is Cc1csc2nc(CN(C)CC(=O)Nc3ccc(N4CCOCC4)cc3)cc(=O)n12. The van der Waals surface area contributed by atoms with Gasteiger partial charge in [-0.1, -0.05) is 0 Å². The molecular weight excluding hydrogens is 402 g/mol. The molecule has 0 bridgehead atoms. The first kappa shape index (κ1) is 20.5. The van der Waals surface area contributed by atoms with Gasteiger partial charge in [-0.15, -0.1) is 11.3 Å². The molecule has 0 unspecified atom stereocenters. The maximum Gasteiger partial charge on any atom is 0.259 e. The van der Waals surface area contributed by atoms with Crippen molar-refractivity contribution in [1.29, 1.82) is 0 Å². The van der Waals surface area contributed by atoms with Crippen molar-refractivity contribution < 1.29 is 9.53 Å². The fourth-order valence-electron chi connectivity index (χ4n) is 3.54. The molecule has 1 saturated heterocycles. The maximum atomic E-state index is 12.4. The van der Waals surface area contributed by atoms with Crippen molar-refractivity contribution >= 4 is 33.6 Å². The number of aryl methyl sites for hydroxylation is 1. The Bertz CT molecular complexity index is 1090. The number of aromatic nitrogens is 2. The second kappa shape index (κ2) is 8.95. The Kier molecular flexibility index (Phi) is 6.12. The Hall–Kier alpha value is -2.75. The minimum Gasteiger partial charge on any atom is -0.378 e. The number of likely N-dealkylation sites (N-methyl/N-ethyl adjacent to an activating group) is 1. The van der Waals surface area contributed by atoms with Crippen LogP contribution in [0.4, 0.5) is 11.4 Å². The highest BCUT2D eigenvalue weighted by Gasteiger charge is 2.13. The van der Waals surface area contributed by atoms with Crippen LogP contribution in [0, 0.1) is 6.92 Å². The summed E-state index contributed by atoms with van der Waals surface area (Å²) < 4.78 is 6.98. The molecule has 0 spiro atoms. The summed E-state index contributed by atoms with van der Waals surface area (Å²) in [6.07, 6.45) is 0. The number of nitrogens with one attached hydrogen (secondary N) is 1. The predicted molar refractivity (Wildman–Crippen MR) is 119 cm³/mol. The largest absolute Gasteiger partial charge is 0.378 e. The van der Waals surface area contributed by atoms with E-state index in [1.165, 1.54) is 17.4 Å². The van der Waals surface area contributed by atoms with Crippen LogP contribution < -0.4 is 15.8 Å². The molecule has 1 aliphatic rings. The zero-order valence-corrected chi connectivity index (χ0v) is 17.9. The van der Waals surface area contributed by atoms with Crippen LogP contribution >= 0.6 is 11.3 Å². The highest BCUT2D eigenvalue weighted by atomic mass is 32.1. The highest BCUT2D eigenvalue weighted by Crippen LogP contribution is 2.19. The third kappa shape index (κ3) is 4.69. The molecule has 3 aromatic rings. The number of thiazole rings is 1. The quantitative estimate of drug-likeness (QED) is 0.648. The van der Waals surface area contributed by atoms with Crippen molar-refractivity contribution in [1.82, 2.24) is 14.3 Å². The molecule has 2 aromatic heterocycles. The second-order valence-corrected chi connectivity index (χ2v) is 8.28. The summed E-state index contributed by atoms with van der Waals surface area (Å²) in [5.41, 5.74) is 3.34. The van der Waals surface area contributed by atoms with Gasteiger partial charge in [0, 0.05) is 48.1 Å². The number of carbonyl (C=O) groups is 1. The van der Waals surface area contributed by atoms with Crippen molar-refractivity contribution in [3.05, 3.63) is 57.5 Å². The lowest BCUT2D eigenvalue weighted by Gasteiger charge is -2.28. The van der Waals surface area contributed by atoms with E-state index in [1.54, 1.807) is 4.40 Å². The number of amides is 1. The smallest absolute Gasteiger partial charge is 0.259 e. The Balaban J connectivity index is 1.33. The van der Waals surface area contributed by atoms with Gasteiger partial charge in [0.2, 0.25) is 5.91 Å². The fraction of sp³-hybridized carbons (Fsp3) is 0.381. The van der Waals surface area contributed by atoms with E-state index in [4.69, 9.17) is 4.74 Å². The Morgan fingerprint density at radius 3 is 2.73 bits per heavy atom. The number of benzene rings is 1. The summed E-state index contributed by atoms with van der Waals surface area (Å²) in [5.74, 6) is -0.110. The molecule has 1 N–H and O–H groups in total. The van der Waals surface area contributed by atoms with Crippen LogP contribution in [0.1, 0.15) is 11.4 Å². The van der Waals surface area contributed by atoms with Gasteiger partial charge in [-0.3, -0.25) is 18.9 Å². The molecule has 30 heavy (non-hydrogen) atoms. The monoisotopic (exact) mass is 427 g/mol. The van der Waals surface area contributed by atoms with Gasteiger partial charge >= 0.3 is 0 Å². The first-order valence-corrected chi connectivity index (χ1v) is 10.8. The predicted octanol–water partition coefficient (Wildman–Crippen LogP) is 1.97. The third-order valence-corrected chi connectivity index (χ3v) is 5.94. The number of hydrogen-bond acceptors (Lipinski definition) is 7. The van der Waals surface area contributed by atoms with E-state index in [9.17, 15) is 9.59 Å². The van der Waals surface area contributed by atoms with E-state index >= 15 is 0 Å². The molecular formula is C21H25N5O3S. The lowest BCUT2D eigenvalue weighted by molar-refractivity contribution is -0.117. The van der Waals surface area contributed by atoms with Gasteiger partial charge in [0.05, 0.1) is 25.5 Å². The summed E-state index contributed by atoms with van der Waals surface area (Å²) in [6, 6.07) is 9.39. The number of carbonyl (C=O) groups excluding carboxylic acids is 1. The van der Waals surface area contributed by atoms with Gasteiger partial charge in [0.25, 0.3) is 5.56 Å². The maximum absolute atomic E-state index is 12.4. The van der Waals surface area contributed by atoms with Crippen LogP contribution in [0.2, 0.25) is 0 Å². The van der Waals surface area contributed by atoms with Crippen molar-refractivity contribution in [3.63, 3.8) is 0 Å². The number of fused-ring (bicyclic) bond motifs is 1. The van der Waals surface area contributed by atoms with Crippen LogP contribution in [0.25, 0.3) is 4.96 Å². The van der Waals surface area contributed by atoms with Crippen molar-refractivity contribution in [2.45, 2.75) is 13.5 Å². The van der Waals surface area contributed by atoms with E-state index in [-0.39, 0.29) is 18.0 Å². The van der Waals surface area contributed by atoms with Crippen molar-refractivity contribution in [3.8, 4) is 0 Å². The van der Waals surface area contributed by atoms with E-state index in [0.717, 1.165) is 43.4 Å². The van der Waals surface area contributed by atoms with Gasteiger partial charge in [-0.25, -0.2) is 4.98 Å². The second-order valence-electron chi connectivity index (χ2n) is 7.45. The molecule has 4 rings (SSSR count). The highest BCUT2D eigenvalue weighted by molar-refractivity contribution is 7.15. The summed E-state index contributed by atoms with van der Waals surface area (Å²) in [6.45, 7) is 5.75. The molecule has 0 radical (unpaired) electrons. The van der Waals surface area contributed by atoms with E-state index in [0.29, 0.717) is 17.2 Å². The zero-order chi connectivity index (χ0) is 21.1. The fourth-order valence-corrected chi connectivity index (χ4v) is 4.43. The molecule has 1 aliphatic heterocycles. The Labute approximate surface area is 178 Å². The van der Waals surface area contributed by atoms with Gasteiger partial charge in [0.15, 0.2) is 4.96 Å². The van der Waals surface area contributed by atoms with Crippen LogP contribution in [0.3, 0.4) is 0 Å². The molecule has 158 valence electrons. The Morgan fingerprint density at radius 1 is 1.27 bits per heavy atom. The zero-order valence-electron chi connectivity index (χ0n) is 17.1. The number of rotatable bonds is 6. The van der Waals surface area contributed by atoms with Gasteiger partial charge in [-0.05, 0) is 38.2 Å². The van der Waals surface area contributed by atoms with E-state index in [1.807, 2.05) is 48.5 Å². The number of nitrogens with zero attached hydrogens (tertiary/aromatic N) is 4. The minimum atomic E-state index is -0.110. The third-order valence-electron chi connectivity index (χ3n) is 5.00. The van der Waals surface area contributed by atoms with Gasteiger partial charge in [-0.2, -0.15) is 0 Å². The summed E-state index contributed by atoms with van der Waals surface area (Å²) in [5, 5.41) is 4.84. The molecule has 9 heteroatoms. The van der Waals surface area contributed by atoms with Crippen molar-refractivity contribution in [2.24, 2.45) is 0 Å². The van der Waals surface area contributed by atoms with Crippen LogP contribution in [0.5, 0.6) is 0 Å². The number of morpholine rings is 1. The van der Waals surface area contributed by atoms with Crippen molar-refractivity contribution in [2.75, 3.05) is 50.1 Å². The topological polar surface area (TPSA) is 79.2 Å². The minimum absolute atomic E-state index is 0.0908. The number of anilines is 2. The summed E-state index contributed by atoms with van der Waals surface area (Å²) in [4.78, 5) is 34.0. The summed E-state index contributed by atoms with van der Waals surface area (Å²) >= 11 is 1.44. The Morgan fingerprint density at radius 2 is 2.00 bits per heavy atom. The first-order chi connectivity index (χ1) is 14.5. The van der Waals surface area contributed by atoms with Gasteiger partial charge in [0.1, 0.15) is 0 Å². The van der Waals surface area contributed by atoms with E-state index < -0.39 is 0 Å². The molecule has 0 atom stereocenters. The van der Waals surface area contributed by atoms with Crippen LogP contribution in [-0.2, 0) is 16.1 Å². The van der Waals surface area contributed by atoms with Crippen LogP contribution in [-0.4, -0.2) is 60.1 Å². The first-order valence-electron chi connectivity index (χ1n) is 9.87. The molecule has 1 amide bonds. The molecule has 1 aromatic carbocycles. The number of hydrogen-bond donors (Lipinski definition) is 1. The molecule has 8 nitrogen and oxygen atoms in total. The average Bonchev–Trinajstić information content (AvgIpc) is 3.10. The average molecular weight is 428 g/mol. The van der Waals surface area contributed by atoms with Crippen LogP contribution in [0.15, 0.2) is 40.5 Å². The summed E-state index contributed by atoms with van der Waals surface area (Å²) in [7, 11) is 1.84. The molecule has 1 fully saturated rings. The molecule has 0 aliphatic carbocycles. The molecule has 3 heterocycles. The lowest BCUT2D eigenvalue weighted by Crippen LogP contribution is -2.36. The standard InChI is InChI=1S/C21H25N5O3S/c1-15-14-30-21-23-17(11-20(28)26(15)21)12-24(2)13-19(27)22-16-3-5-18(6-4-16)25-7-9-29-10-8-25/h3-6,11,14H,7-10,12-13H2,1-2H3,(H,22,27). The number of ether oxygens (including phenoxy) is 1. The van der Waals surface area contributed by atoms with Gasteiger partial charge < -0.3 is 15.0 Å². The van der Waals surface area contributed by atoms with E-state index in [2.05, 4.69) is 15.2 Å². The lowest BCUT2D eigenvalue weighted by atomic mass is 10.2. The normalized spacial score (nSPS) is 14.4.